The fourth-order valence-electron chi connectivity index (χ4n) is 3.58. The molecule has 0 aliphatic heterocycles. The molecule has 0 bridgehead atoms. The van der Waals surface area contributed by atoms with E-state index in [4.69, 9.17) is 4.74 Å². The van der Waals surface area contributed by atoms with Gasteiger partial charge < -0.3 is 10.1 Å². The average molecular weight is 261 g/mol. The van der Waals surface area contributed by atoms with Crippen LogP contribution in [0.1, 0.15) is 53.9 Å². The molecule has 1 aromatic carbocycles. The highest BCUT2D eigenvalue weighted by molar-refractivity contribution is 5.49. The zero-order valence-electron chi connectivity index (χ0n) is 13.0. The molecule has 1 fully saturated rings. The van der Waals surface area contributed by atoms with Crippen LogP contribution in [0, 0.1) is 20.8 Å². The van der Waals surface area contributed by atoms with Crippen LogP contribution in [0.3, 0.4) is 0 Å². The number of ether oxygens (including phenoxy) is 1. The lowest BCUT2D eigenvalue weighted by atomic mass is 9.77. The zero-order chi connectivity index (χ0) is 14.0. The monoisotopic (exact) mass is 261 g/mol. The van der Waals surface area contributed by atoms with Crippen molar-refractivity contribution >= 4 is 0 Å². The number of aryl methyl sites for hydroxylation is 1. The summed E-state index contributed by atoms with van der Waals surface area (Å²) in [7, 11) is 3.85. The van der Waals surface area contributed by atoms with E-state index in [1.807, 2.05) is 0 Å². The minimum atomic E-state index is 0.719. The fraction of sp³-hybridized carbons (Fsp3) is 0.647. The molecule has 0 atom stereocenters. The summed E-state index contributed by atoms with van der Waals surface area (Å²) in [5, 5.41) is 3.41. The van der Waals surface area contributed by atoms with Crippen LogP contribution < -0.4 is 10.1 Å². The minimum absolute atomic E-state index is 0.719. The van der Waals surface area contributed by atoms with Crippen molar-refractivity contribution in [2.75, 3.05) is 14.2 Å². The van der Waals surface area contributed by atoms with Crippen LogP contribution in [-0.2, 0) is 0 Å². The molecule has 106 valence electrons. The van der Waals surface area contributed by atoms with E-state index >= 15 is 0 Å². The maximum Gasteiger partial charge on any atom is 0.122 e. The Kier molecular flexibility index (Phi) is 4.51. The van der Waals surface area contributed by atoms with Gasteiger partial charge in [0.25, 0.3) is 0 Å². The van der Waals surface area contributed by atoms with Crippen molar-refractivity contribution in [2.24, 2.45) is 0 Å². The van der Waals surface area contributed by atoms with Gasteiger partial charge in [-0.1, -0.05) is 0 Å². The van der Waals surface area contributed by atoms with Gasteiger partial charge in [-0.15, -0.1) is 0 Å². The van der Waals surface area contributed by atoms with E-state index in [9.17, 15) is 0 Å². The molecule has 1 aromatic rings. The average Bonchev–Trinajstić information content (AvgIpc) is 2.43. The van der Waals surface area contributed by atoms with Crippen molar-refractivity contribution in [3.05, 3.63) is 28.3 Å². The summed E-state index contributed by atoms with van der Waals surface area (Å²) in [6, 6.07) is 2.93. The van der Waals surface area contributed by atoms with Gasteiger partial charge in [-0.05, 0) is 87.7 Å². The predicted octanol–water partition coefficient (Wildman–Crippen LogP) is 3.87. The van der Waals surface area contributed by atoms with Gasteiger partial charge in [0, 0.05) is 6.04 Å². The summed E-state index contributed by atoms with van der Waals surface area (Å²) in [5.74, 6) is 1.76. The Morgan fingerprint density at radius 1 is 1.05 bits per heavy atom. The van der Waals surface area contributed by atoms with Crippen molar-refractivity contribution < 1.29 is 4.74 Å². The molecule has 0 aromatic heterocycles. The van der Waals surface area contributed by atoms with Crippen LogP contribution in [0.15, 0.2) is 6.07 Å². The van der Waals surface area contributed by atoms with E-state index in [2.05, 4.69) is 39.2 Å². The Morgan fingerprint density at radius 3 is 2.21 bits per heavy atom. The number of rotatable bonds is 3. The summed E-state index contributed by atoms with van der Waals surface area (Å²) in [6.07, 6.45) is 5.20. The van der Waals surface area contributed by atoms with E-state index in [0.717, 1.165) is 17.7 Å². The van der Waals surface area contributed by atoms with E-state index in [1.54, 1.807) is 12.7 Å². The second-order valence-electron chi connectivity index (χ2n) is 5.90. The first kappa shape index (κ1) is 14.4. The second kappa shape index (κ2) is 5.96. The van der Waals surface area contributed by atoms with E-state index in [0.29, 0.717) is 0 Å². The van der Waals surface area contributed by atoms with Gasteiger partial charge in [-0.25, -0.2) is 0 Å². The molecule has 0 unspecified atom stereocenters. The van der Waals surface area contributed by atoms with Gasteiger partial charge in [0.2, 0.25) is 0 Å². The third-order valence-electron chi connectivity index (χ3n) is 4.87. The van der Waals surface area contributed by atoms with Crippen molar-refractivity contribution in [3.8, 4) is 5.75 Å². The summed E-state index contributed by atoms with van der Waals surface area (Å²) >= 11 is 0. The summed E-state index contributed by atoms with van der Waals surface area (Å²) in [4.78, 5) is 0. The first-order valence-electron chi connectivity index (χ1n) is 7.40. The first-order chi connectivity index (χ1) is 9.08. The van der Waals surface area contributed by atoms with Crippen LogP contribution in [0.2, 0.25) is 0 Å². The highest BCUT2D eigenvalue weighted by Gasteiger charge is 2.24. The Bertz CT molecular complexity index is 445. The fourth-order valence-corrected chi connectivity index (χ4v) is 3.58. The molecule has 0 radical (unpaired) electrons. The third-order valence-corrected chi connectivity index (χ3v) is 4.87. The minimum Gasteiger partial charge on any atom is -0.496 e. The molecule has 1 aliphatic carbocycles. The number of nitrogens with one attached hydrogen (secondary N) is 1. The lowest BCUT2D eigenvalue weighted by Crippen LogP contribution is -2.29. The van der Waals surface area contributed by atoms with Gasteiger partial charge in [0.1, 0.15) is 5.75 Å². The van der Waals surface area contributed by atoms with Crippen LogP contribution in [0.5, 0.6) is 5.75 Å². The maximum atomic E-state index is 5.47. The SMILES string of the molecule is CNC1CCC(c2c(C)cc(OC)c(C)c2C)CC1. The van der Waals surface area contributed by atoms with Gasteiger partial charge in [0.15, 0.2) is 0 Å². The number of benzene rings is 1. The largest absolute Gasteiger partial charge is 0.496 e. The molecule has 2 nitrogen and oxygen atoms in total. The lowest BCUT2D eigenvalue weighted by molar-refractivity contribution is 0.356. The normalized spacial score (nSPS) is 23.4. The van der Waals surface area contributed by atoms with E-state index in [-0.39, 0.29) is 0 Å². The van der Waals surface area contributed by atoms with Gasteiger partial charge >= 0.3 is 0 Å². The molecule has 19 heavy (non-hydrogen) atoms. The highest BCUT2D eigenvalue weighted by atomic mass is 16.5. The molecule has 2 rings (SSSR count). The topological polar surface area (TPSA) is 21.3 Å². The Balaban J connectivity index is 2.28. The second-order valence-corrected chi connectivity index (χ2v) is 5.90. The Hall–Kier alpha value is -1.02. The highest BCUT2D eigenvalue weighted by Crippen LogP contribution is 2.39. The molecule has 1 aliphatic rings. The van der Waals surface area contributed by atoms with Gasteiger partial charge in [0.05, 0.1) is 7.11 Å². The lowest BCUT2D eigenvalue weighted by Gasteiger charge is -2.31. The van der Waals surface area contributed by atoms with Gasteiger partial charge in [-0.3, -0.25) is 0 Å². The van der Waals surface area contributed by atoms with E-state index < -0.39 is 0 Å². The van der Waals surface area contributed by atoms with Crippen molar-refractivity contribution in [2.45, 2.75) is 58.4 Å². The standard InChI is InChI=1S/C17H27NO/c1-11-10-16(19-5)12(2)13(3)17(11)14-6-8-15(18-4)9-7-14/h10,14-15,18H,6-9H2,1-5H3. The molecular formula is C17H27NO. The predicted molar refractivity (Wildman–Crippen MR) is 81.3 cm³/mol. The molecule has 0 heterocycles. The molecule has 2 heteroatoms. The summed E-state index contributed by atoms with van der Waals surface area (Å²) in [6.45, 7) is 6.66. The van der Waals surface area contributed by atoms with Crippen LogP contribution >= 0.6 is 0 Å². The molecule has 1 N–H and O–H groups in total. The first-order valence-corrected chi connectivity index (χ1v) is 7.40. The Labute approximate surface area is 117 Å². The maximum absolute atomic E-state index is 5.47. The number of hydrogen-bond acceptors (Lipinski definition) is 2. The van der Waals surface area contributed by atoms with E-state index in [1.165, 1.54) is 42.4 Å². The van der Waals surface area contributed by atoms with Gasteiger partial charge in [-0.2, -0.15) is 0 Å². The third kappa shape index (κ3) is 2.79. The van der Waals surface area contributed by atoms with Crippen LogP contribution in [0.25, 0.3) is 0 Å². The van der Waals surface area contributed by atoms with Crippen LogP contribution in [-0.4, -0.2) is 20.2 Å². The molecule has 0 amide bonds. The zero-order valence-corrected chi connectivity index (χ0v) is 13.0. The summed E-state index contributed by atoms with van der Waals surface area (Å²) < 4.78 is 5.47. The molecule has 0 spiro atoms. The van der Waals surface area contributed by atoms with Crippen molar-refractivity contribution in [1.82, 2.24) is 5.32 Å². The number of methoxy groups -OCH3 is 1. The van der Waals surface area contributed by atoms with Crippen LogP contribution in [0.4, 0.5) is 0 Å². The molecular weight excluding hydrogens is 234 g/mol. The Morgan fingerprint density at radius 2 is 1.68 bits per heavy atom. The quantitative estimate of drug-likeness (QED) is 0.892. The van der Waals surface area contributed by atoms with Crippen molar-refractivity contribution in [1.29, 1.82) is 0 Å². The number of hydrogen-bond donors (Lipinski definition) is 1. The smallest absolute Gasteiger partial charge is 0.122 e. The molecule has 0 saturated heterocycles. The van der Waals surface area contributed by atoms with Crippen molar-refractivity contribution in [3.63, 3.8) is 0 Å². The summed E-state index contributed by atoms with van der Waals surface area (Å²) in [5.41, 5.74) is 5.71. The molecule has 1 saturated carbocycles.